The Morgan fingerprint density at radius 1 is 0.571 bits per heavy atom. The minimum absolute atomic E-state index is 1.05. The van der Waals surface area contributed by atoms with Crippen LogP contribution in [0.3, 0.4) is 0 Å². The third-order valence-corrected chi connectivity index (χ3v) is 5.49. The minimum atomic E-state index is 1.05. The van der Waals surface area contributed by atoms with Crippen molar-refractivity contribution in [1.29, 1.82) is 0 Å². The Bertz CT molecular complexity index is 267. The van der Waals surface area contributed by atoms with E-state index in [0.29, 0.717) is 0 Å². The highest BCUT2D eigenvalue weighted by Gasteiger charge is 2.46. The second-order valence-corrected chi connectivity index (χ2v) is 6.02. The topological polar surface area (TPSA) is 0 Å². The molecule has 0 N–H and O–H groups in total. The molecule has 0 aromatic carbocycles. The molecule has 0 amide bonds. The molecule has 5 rings (SSSR count). The first-order valence-corrected chi connectivity index (χ1v) is 6.67. The molecule has 2 fully saturated rings. The van der Waals surface area contributed by atoms with Crippen molar-refractivity contribution in [3.8, 4) is 0 Å². The molecule has 76 valence electrons. The SMILES string of the molecule is C1CC2CCC(C1)C1=C2C2CCC1C2. The van der Waals surface area contributed by atoms with E-state index in [4.69, 9.17) is 0 Å². The number of hydrogen-bond donors (Lipinski definition) is 0. The molecular weight excluding hydrogens is 168 g/mol. The van der Waals surface area contributed by atoms with Gasteiger partial charge in [-0.25, -0.2) is 0 Å². The van der Waals surface area contributed by atoms with Crippen LogP contribution >= 0.6 is 0 Å². The van der Waals surface area contributed by atoms with E-state index in [9.17, 15) is 0 Å². The van der Waals surface area contributed by atoms with Crippen LogP contribution in [0.1, 0.15) is 51.4 Å². The highest BCUT2D eigenvalue weighted by molar-refractivity contribution is 5.35. The quantitative estimate of drug-likeness (QED) is 0.505. The molecule has 0 heterocycles. The molecule has 4 atom stereocenters. The maximum Gasteiger partial charge on any atom is -0.0192 e. The number of hydrogen-bond acceptors (Lipinski definition) is 0. The monoisotopic (exact) mass is 188 g/mol. The molecule has 0 saturated heterocycles. The van der Waals surface area contributed by atoms with Gasteiger partial charge in [-0.05, 0) is 68.6 Å². The lowest BCUT2D eigenvalue weighted by atomic mass is 9.72. The van der Waals surface area contributed by atoms with Gasteiger partial charge in [0.05, 0.1) is 0 Å². The molecule has 0 heteroatoms. The van der Waals surface area contributed by atoms with Gasteiger partial charge < -0.3 is 0 Å². The molecule has 0 spiro atoms. The van der Waals surface area contributed by atoms with Gasteiger partial charge in [0.25, 0.3) is 0 Å². The van der Waals surface area contributed by atoms with Crippen LogP contribution in [0.4, 0.5) is 0 Å². The number of allylic oxidation sites excluding steroid dienone is 2. The van der Waals surface area contributed by atoms with E-state index in [0.717, 1.165) is 23.7 Å². The largest absolute Gasteiger partial charge is 0.0642 e. The normalized spacial score (nSPS) is 49.7. The van der Waals surface area contributed by atoms with Crippen molar-refractivity contribution in [2.75, 3.05) is 0 Å². The van der Waals surface area contributed by atoms with Crippen LogP contribution in [0.15, 0.2) is 11.1 Å². The number of fused-ring (bicyclic) bond motifs is 5. The van der Waals surface area contributed by atoms with Crippen molar-refractivity contribution in [2.45, 2.75) is 51.4 Å². The molecule has 0 aromatic rings. The summed E-state index contributed by atoms with van der Waals surface area (Å²) in [6.45, 7) is 0. The first kappa shape index (κ1) is 7.96. The van der Waals surface area contributed by atoms with E-state index in [1.165, 1.54) is 6.42 Å². The molecule has 5 aliphatic rings. The second kappa shape index (κ2) is 2.65. The summed E-state index contributed by atoms with van der Waals surface area (Å²) in [5.41, 5.74) is 4.05. The van der Waals surface area contributed by atoms with Crippen LogP contribution < -0.4 is 0 Å². The second-order valence-electron chi connectivity index (χ2n) is 6.02. The maximum atomic E-state index is 2.02. The van der Waals surface area contributed by atoms with Gasteiger partial charge in [-0.15, -0.1) is 0 Å². The van der Waals surface area contributed by atoms with E-state index >= 15 is 0 Å². The maximum absolute atomic E-state index is 2.02. The van der Waals surface area contributed by atoms with E-state index in [1.54, 1.807) is 44.9 Å². The lowest BCUT2D eigenvalue weighted by molar-refractivity contribution is 0.399. The molecule has 14 heavy (non-hydrogen) atoms. The summed E-state index contributed by atoms with van der Waals surface area (Å²) in [5, 5.41) is 0. The molecule has 0 aromatic heterocycles. The molecule has 4 bridgehead atoms. The van der Waals surface area contributed by atoms with Crippen molar-refractivity contribution in [3.63, 3.8) is 0 Å². The Balaban J connectivity index is 1.85. The van der Waals surface area contributed by atoms with Gasteiger partial charge in [0.15, 0.2) is 0 Å². The summed E-state index contributed by atoms with van der Waals surface area (Å²) in [6.07, 6.45) is 12.4. The molecule has 4 unspecified atom stereocenters. The Labute approximate surface area is 86.8 Å². The van der Waals surface area contributed by atoms with Gasteiger partial charge in [0, 0.05) is 0 Å². The summed E-state index contributed by atoms with van der Waals surface area (Å²) in [5.74, 6) is 4.25. The molecule has 2 saturated carbocycles. The van der Waals surface area contributed by atoms with Gasteiger partial charge in [0.1, 0.15) is 0 Å². The Morgan fingerprint density at radius 2 is 1.07 bits per heavy atom. The van der Waals surface area contributed by atoms with Crippen LogP contribution in [-0.2, 0) is 0 Å². The summed E-state index contributed by atoms with van der Waals surface area (Å²) < 4.78 is 0. The average Bonchev–Trinajstić information content (AvgIpc) is 2.69. The summed E-state index contributed by atoms with van der Waals surface area (Å²) in [7, 11) is 0. The molecular formula is C14H20. The lowest BCUT2D eigenvalue weighted by Gasteiger charge is -2.33. The van der Waals surface area contributed by atoms with Crippen molar-refractivity contribution in [1.82, 2.24) is 0 Å². The van der Waals surface area contributed by atoms with Crippen LogP contribution in [0.25, 0.3) is 0 Å². The van der Waals surface area contributed by atoms with Gasteiger partial charge in [-0.2, -0.15) is 0 Å². The van der Waals surface area contributed by atoms with Gasteiger partial charge >= 0.3 is 0 Å². The fraction of sp³-hybridized carbons (Fsp3) is 0.857. The highest BCUT2D eigenvalue weighted by Crippen LogP contribution is 2.59. The van der Waals surface area contributed by atoms with Crippen LogP contribution in [0.2, 0.25) is 0 Å². The Morgan fingerprint density at radius 3 is 1.64 bits per heavy atom. The fourth-order valence-corrected chi connectivity index (χ4v) is 5.08. The predicted octanol–water partition coefficient (Wildman–Crippen LogP) is 3.92. The van der Waals surface area contributed by atoms with Gasteiger partial charge in [-0.1, -0.05) is 17.6 Å². The standard InChI is InChI=1S/C14H20/c1-2-9-4-5-10(3-1)14-12-7-6-11(8-12)13(9)14/h9-12H,1-8H2. The first-order valence-electron chi connectivity index (χ1n) is 6.67. The zero-order valence-electron chi connectivity index (χ0n) is 8.97. The van der Waals surface area contributed by atoms with Crippen LogP contribution in [0.5, 0.6) is 0 Å². The van der Waals surface area contributed by atoms with E-state index < -0.39 is 0 Å². The van der Waals surface area contributed by atoms with E-state index in [2.05, 4.69) is 0 Å². The van der Waals surface area contributed by atoms with Gasteiger partial charge in [-0.3, -0.25) is 0 Å². The van der Waals surface area contributed by atoms with Crippen LogP contribution in [-0.4, -0.2) is 0 Å². The zero-order chi connectivity index (χ0) is 9.12. The molecule has 0 radical (unpaired) electrons. The Hall–Kier alpha value is -0.260. The lowest BCUT2D eigenvalue weighted by Crippen LogP contribution is -2.20. The number of rotatable bonds is 0. The van der Waals surface area contributed by atoms with E-state index in [1.807, 2.05) is 11.1 Å². The molecule has 0 nitrogen and oxygen atoms in total. The summed E-state index contributed by atoms with van der Waals surface area (Å²) in [6, 6.07) is 0. The Kier molecular flexibility index (Phi) is 1.51. The average molecular weight is 188 g/mol. The summed E-state index contributed by atoms with van der Waals surface area (Å²) >= 11 is 0. The van der Waals surface area contributed by atoms with Gasteiger partial charge in [0.2, 0.25) is 0 Å². The third kappa shape index (κ3) is 0.857. The van der Waals surface area contributed by atoms with E-state index in [-0.39, 0.29) is 0 Å². The zero-order valence-corrected chi connectivity index (χ0v) is 8.97. The molecule has 0 aliphatic heterocycles. The van der Waals surface area contributed by atoms with Crippen molar-refractivity contribution in [2.24, 2.45) is 23.7 Å². The van der Waals surface area contributed by atoms with Crippen molar-refractivity contribution < 1.29 is 0 Å². The highest BCUT2D eigenvalue weighted by atomic mass is 14.5. The molecule has 5 aliphatic carbocycles. The van der Waals surface area contributed by atoms with Crippen LogP contribution in [0, 0.1) is 23.7 Å². The van der Waals surface area contributed by atoms with Crippen molar-refractivity contribution >= 4 is 0 Å². The predicted molar refractivity (Wildman–Crippen MR) is 57.9 cm³/mol. The van der Waals surface area contributed by atoms with Crippen molar-refractivity contribution in [3.05, 3.63) is 11.1 Å². The minimum Gasteiger partial charge on any atom is -0.0642 e. The fourth-order valence-electron chi connectivity index (χ4n) is 5.08. The third-order valence-electron chi connectivity index (χ3n) is 5.49. The first-order chi connectivity index (χ1) is 6.93. The summed E-state index contributed by atoms with van der Waals surface area (Å²) in [4.78, 5) is 0. The smallest absolute Gasteiger partial charge is 0.0192 e.